The van der Waals surface area contributed by atoms with Crippen molar-refractivity contribution in [2.45, 2.75) is 31.5 Å². The first-order chi connectivity index (χ1) is 13.5. The van der Waals surface area contributed by atoms with E-state index in [1.165, 1.54) is 22.2 Å². The minimum Gasteiger partial charge on any atom is -0.387 e. The molecule has 1 aliphatic rings. The van der Waals surface area contributed by atoms with Crippen LogP contribution in [0.5, 0.6) is 0 Å². The second-order valence-electron chi connectivity index (χ2n) is 6.27. The van der Waals surface area contributed by atoms with Crippen LogP contribution in [0, 0.1) is 0 Å². The fourth-order valence-corrected chi connectivity index (χ4v) is 3.83. The molecule has 0 aromatic carbocycles. The lowest BCUT2D eigenvalue weighted by Gasteiger charge is -2.16. The Balaban J connectivity index is 1.77. The molecule has 0 aliphatic carbocycles. The van der Waals surface area contributed by atoms with Gasteiger partial charge in [-0.25, -0.2) is 15.0 Å². The highest BCUT2D eigenvalue weighted by atomic mass is 32.1. The van der Waals surface area contributed by atoms with Crippen molar-refractivity contribution in [1.82, 2.24) is 24.8 Å². The van der Waals surface area contributed by atoms with Crippen LogP contribution in [0.1, 0.15) is 13.2 Å². The van der Waals surface area contributed by atoms with Crippen LogP contribution in [0.4, 0.5) is 5.82 Å². The quantitative estimate of drug-likeness (QED) is 0.479. The average Bonchev–Trinajstić information content (AvgIpc) is 3.42. The maximum absolute atomic E-state index is 12.1. The van der Waals surface area contributed by atoms with Gasteiger partial charge in [0.25, 0.3) is 5.91 Å². The number of aliphatic hydroxyl groups excluding tert-OH is 2. The zero-order valence-corrected chi connectivity index (χ0v) is 16.1. The largest absolute Gasteiger partial charge is 0.387 e. The van der Waals surface area contributed by atoms with Crippen molar-refractivity contribution in [2.24, 2.45) is 0 Å². The van der Waals surface area contributed by atoms with Gasteiger partial charge in [0.15, 0.2) is 35.1 Å². The highest BCUT2D eigenvalue weighted by molar-refractivity contribution is 7.13. The number of likely N-dealkylation sites (N-methyl/N-ethyl adjacent to an activating group) is 1. The Labute approximate surface area is 164 Å². The van der Waals surface area contributed by atoms with Crippen molar-refractivity contribution in [3.05, 3.63) is 23.8 Å². The van der Waals surface area contributed by atoms with Crippen LogP contribution in [0.15, 0.2) is 23.8 Å². The van der Waals surface area contributed by atoms with Crippen LogP contribution in [0.2, 0.25) is 0 Å². The van der Waals surface area contributed by atoms with E-state index in [0.29, 0.717) is 29.4 Å². The van der Waals surface area contributed by atoms with E-state index in [4.69, 9.17) is 4.74 Å². The molecule has 28 heavy (non-hydrogen) atoms. The number of aromatic nitrogens is 4. The van der Waals surface area contributed by atoms with Gasteiger partial charge in [-0.1, -0.05) is 6.07 Å². The van der Waals surface area contributed by atoms with Gasteiger partial charge in [0.2, 0.25) is 0 Å². The van der Waals surface area contributed by atoms with Crippen molar-refractivity contribution in [2.75, 3.05) is 18.9 Å². The van der Waals surface area contributed by atoms with Crippen molar-refractivity contribution < 1.29 is 19.7 Å². The summed E-state index contributed by atoms with van der Waals surface area (Å²) in [6.45, 7) is 2.15. The maximum atomic E-state index is 12.1. The van der Waals surface area contributed by atoms with Gasteiger partial charge < -0.3 is 25.6 Å². The van der Waals surface area contributed by atoms with Gasteiger partial charge in [-0.3, -0.25) is 9.36 Å². The van der Waals surface area contributed by atoms with Gasteiger partial charge in [0, 0.05) is 13.6 Å². The topological polar surface area (TPSA) is 134 Å². The molecule has 0 spiro atoms. The molecule has 3 aromatic rings. The summed E-state index contributed by atoms with van der Waals surface area (Å²) < 4.78 is 7.21. The number of thiophene rings is 1. The van der Waals surface area contributed by atoms with E-state index in [0.717, 1.165) is 4.88 Å². The molecule has 1 fully saturated rings. The molecular formula is C17H20N6O4S. The highest BCUT2D eigenvalue weighted by Gasteiger charge is 2.47. The molecule has 0 bridgehead atoms. The van der Waals surface area contributed by atoms with Gasteiger partial charge in [-0.2, -0.15) is 0 Å². The molecule has 148 valence electrons. The SMILES string of the molecule is CCNC(=O)C1OC(n2cnc3c(NC)nc(-c4cccs4)nc32)C(O)C1O. The van der Waals surface area contributed by atoms with E-state index in [1.807, 2.05) is 17.5 Å². The number of carbonyl (C=O) groups is 1. The Morgan fingerprint density at radius 1 is 1.36 bits per heavy atom. The molecule has 1 amide bonds. The number of imidazole rings is 1. The minimum absolute atomic E-state index is 0.392. The number of fused-ring (bicyclic) bond motifs is 1. The highest BCUT2D eigenvalue weighted by Crippen LogP contribution is 2.34. The molecule has 4 atom stereocenters. The molecule has 1 saturated heterocycles. The summed E-state index contributed by atoms with van der Waals surface area (Å²) in [7, 11) is 1.73. The molecular weight excluding hydrogens is 384 g/mol. The predicted molar refractivity (Wildman–Crippen MR) is 103 cm³/mol. The van der Waals surface area contributed by atoms with E-state index in [-0.39, 0.29) is 0 Å². The van der Waals surface area contributed by atoms with Crippen LogP contribution < -0.4 is 10.6 Å². The van der Waals surface area contributed by atoms with Gasteiger partial charge in [0.05, 0.1) is 11.2 Å². The molecule has 1 aliphatic heterocycles. The van der Waals surface area contributed by atoms with Gasteiger partial charge in [-0.05, 0) is 18.4 Å². The number of anilines is 1. The molecule has 3 aromatic heterocycles. The van der Waals surface area contributed by atoms with E-state index in [9.17, 15) is 15.0 Å². The Hall–Kier alpha value is -2.60. The van der Waals surface area contributed by atoms with E-state index < -0.39 is 30.4 Å². The Kier molecular flexibility index (Phi) is 4.98. The molecule has 4 heterocycles. The number of rotatable bonds is 5. The summed E-state index contributed by atoms with van der Waals surface area (Å²) in [4.78, 5) is 26.4. The lowest BCUT2D eigenvalue weighted by Crippen LogP contribution is -2.42. The van der Waals surface area contributed by atoms with Crippen molar-refractivity contribution in [3.63, 3.8) is 0 Å². The number of amides is 1. The summed E-state index contributed by atoms with van der Waals surface area (Å²) in [5, 5.41) is 28.3. The van der Waals surface area contributed by atoms with Crippen LogP contribution >= 0.6 is 11.3 Å². The standard InChI is InChI=1S/C17H20N6O4S/c1-3-19-16(26)12-10(24)11(25)17(27-12)23-7-20-9-14(18-2)21-13(22-15(9)23)8-5-4-6-28-8/h4-7,10-12,17,24-25H,3H2,1-2H3,(H,19,26)(H,18,21,22). The summed E-state index contributed by atoms with van der Waals surface area (Å²) in [5.41, 5.74) is 0.921. The number of carbonyl (C=O) groups excluding carboxylic acids is 1. The lowest BCUT2D eigenvalue weighted by molar-refractivity contribution is -0.137. The molecule has 10 nitrogen and oxygen atoms in total. The van der Waals surface area contributed by atoms with Crippen LogP contribution in [0.3, 0.4) is 0 Å². The Morgan fingerprint density at radius 3 is 2.86 bits per heavy atom. The number of aliphatic hydroxyl groups is 2. The zero-order valence-electron chi connectivity index (χ0n) is 15.2. The van der Waals surface area contributed by atoms with Crippen molar-refractivity contribution in [1.29, 1.82) is 0 Å². The third-order valence-electron chi connectivity index (χ3n) is 4.52. The fourth-order valence-electron chi connectivity index (χ4n) is 3.17. The zero-order chi connectivity index (χ0) is 19.8. The number of ether oxygens (including phenoxy) is 1. The molecule has 0 saturated carbocycles. The normalized spacial score (nSPS) is 24.6. The molecule has 4 N–H and O–H groups in total. The lowest BCUT2D eigenvalue weighted by atomic mass is 10.1. The number of nitrogens with zero attached hydrogens (tertiary/aromatic N) is 4. The Bertz CT molecular complexity index is 991. The predicted octanol–water partition coefficient (Wildman–Crippen LogP) is 0.352. The maximum Gasteiger partial charge on any atom is 0.252 e. The van der Waals surface area contributed by atoms with Crippen LogP contribution in [-0.2, 0) is 9.53 Å². The molecule has 4 rings (SSSR count). The average molecular weight is 404 g/mol. The summed E-state index contributed by atoms with van der Waals surface area (Å²) in [6, 6.07) is 3.81. The summed E-state index contributed by atoms with van der Waals surface area (Å²) in [5.74, 6) is 0.549. The molecule has 4 unspecified atom stereocenters. The van der Waals surface area contributed by atoms with E-state index in [1.54, 1.807) is 14.0 Å². The first kappa shape index (κ1) is 18.7. The molecule has 11 heteroatoms. The van der Waals surface area contributed by atoms with Crippen LogP contribution in [-0.4, -0.2) is 67.5 Å². The summed E-state index contributed by atoms with van der Waals surface area (Å²) >= 11 is 1.50. The van der Waals surface area contributed by atoms with Gasteiger partial charge >= 0.3 is 0 Å². The van der Waals surface area contributed by atoms with Crippen molar-refractivity contribution in [3.8, 4) is 10.7 Å². The van der Waals surface area contributed by atoms with Gasteiger partial charge in [-0.15, -0.1) is 11.3 Å². The number of nitrogens with one attached hydrogen (secondary N) is 2. The number of hydrogen-bond acceptors (Lipinski definition) is 9. The molecule has 0 radical (unpaired) electrons. The second kappa shape index (κ2) is 7.43. The Morgan fingerprint density at radius 2 is 2.18 bits per heavy atom. The first-order valence-corrected chi connectivity index (χ1v) is 9.68. The van der Waals surface area contributed by atoms with E-state index in [2.05, 4.69) is 25.6 Å². The number of hydrogen-bond donors (Lipinski definition) is 4. The second-order valence-corrected chi connectivity index (χ2v) is 7.22. The third-order valence-corrected chi connectivity index (χ3v) is 5.39. The first-order valence-electron chi connectivity index (χ1n) is 8.80. The van der Waals surface area contributed by atoms with E-state index >= 15 is 0 Å². The minimum atomic E-state index is -1.36. The van der Waals surface area contributed by atoms with Gasteiger partial charge in [0.1, 0.15) is 12.2 Å². The smallest absolute Gasteiger partial charge is 0.252 e. The van der Waals surface area contributed by atoms with Crippen LogP contribution in [0.25, 0.3) is 21.9 Å². The third kappa shape index (κ3) is 3.02. The summed E-state index contributed by atoms with van der Waals surface area (Å²) in [6.07, 6.45) is -3.42. The fraction of sp³-hybridized carbons (Fsp3) is 0.412. The monoisotopic (exact) mass is 404 g/mol. The van der Waals surface area contributed by atoms with Crippen molar-refractivity contribution >= 4 is 34.2 Å².